The molecule has 0 saturated carbocycles. The zero-order valence-corrected chi connectivity index (χ0v) is 13.5. The van der Waals surface area contributed by atoms with Crippen LogP contribution in [0.3, 0.4) is 0 Å². The molecule has 2 heterocycles. The number of carbonyl (C=O) groups excluding carboxylic acids is 2. The summed E-state index contributed by atoms with van der Waals surface area (Å²) in [6.07, 6.45) is 1.68. The molecule has 2 aromatic rings. The quantitative estimate of drug-likeness (QED) is 0.924. The maximum Gasteiger partial charge on any atom is 0.235 e. The summed E-state index contributed by atoms with van der Waals surface area (Å²) in [6, 6.07) is 9.25. The number of amides is 2. The molecule has 2 amide bonds. The number of nitrogens with zero attached hydrogens (tertiary/aromatic N) is 3. The molecule has 1 aliphatic rings. The van der Waals surface area contributed by atoms with Gasteiger partial charge in [0.15, 0.2) is 0 Å². The molecule has 1 aromatic heterocycles. The third-order valence-electron chi connectivity index (χ3n) is 4.30. The van der Waals surface area contributed by atoms with Crippen molar-refractivity contribution in [1.82, 2.24) is 9.78 Å². The molecule has 0 aliphatic carbocycles. The first-order valence-corrected chi connectivity index (χ1v) is 7.68. The number of nitrogens with one attached hydrogen (secondary N) is 1. The number of para-hydroxylation sites is 2. The third kappa shape index (κ3) is 2.72. The van der Waals surface area contributed by atoms with E-state index in [2.05, 4.69) is 10.4 Å². The second-order valence-corrected chi connectivity index (χ2v) is 5.96. The van der Waals surface area contributed by atoms with Crippen molar-refractivity contribution in [2.45, 2.75) is 19.8 Å². The molecular weight excluding hydrogens is 292 g/mol. The van der Waals surface area contributed by atoms with E-state index in [4.69, 9.17) is 0 Å². The molecule has 0 bridgehead atoms. The average Bonchev–Trinajstić information content (AvgIpc) is 2.92. The van der Waals surface area contributed by atoms with Crippen LogP contribution in [0.1, 0.15) is 25.5 Å². The van der Waals surface area contributed by atoms with E-state index in [1.54, 1.807) is 15.8 Å². The maximum atomic E-state index is 13.1. The normalized spacial score (nSPS) is 18.8. The predicted octanol–water partition coefficient (Wildman–Crippen LogP) is 2.14. The number of benzene rings is 1. The lowest BCUT2D eigenvalue weighted by atomic mass is 10.0. The zero-order chi connectivity index (χ0) is 16.6. The van der Waals surface area contributed by atoms with Gasteiger partial charge in [0.2, 0.25) is 11.8 Å². The minimum atomic E-state index is -0.337. The Bertz CT molecular complexity index is 753. The molecule has 2 atom stereocenters. The highest BCUT2D eigenvalue weighted by Crippen LogP contribution is 2.32. The van der Waals surface area contributed by atoms with E-state index >= 15 is 0 Å². The van der Waals surface area contributed by atoms with Gasteiger partial charge < -0.3 is 10.2 Å². The van der Waals surface area contributed by atoms with E-state index in [0.29, 0.717) is 12.2 Å². The predicted molar refractivity (Wildman–Crippen MR) is 88.2 cm³/mol. The summed E-state index contributed by atoms with van der Waals surface area (Å²) in [5.74, 6) is -0.716. The van der Waals surface area contributed by atoms with Gasteiger partial charge in [-0.15, -0.1) is 0 Å². The van der Waals surface area contributed by atoms with Crippen molar-refractivity contribution in [3.63, 3.8) is 0 Å². The Morgan fingerprint density at radius 1 is 1.35 bits per heavy atom. The average molecular weight is 312 g/mol. The van der Waals surface area contributed by atoms with Gasteiger partial charge in [-0.1, -0.05) is 19.1 Å². The number of rotatable bonds is 2. The van der Waals surface area contributed by atoms with Crippen LogP contribution in [0.5, 0.6) is 0 Å². The highest BCUT2D eigenvalue weighted by atomic mass is 16.2. The molecule has 0 radical (unpaired) electrons. The molecule has 0 spiro atoms. The van der Waals surface area contributed by atoms with Crippen LogP contribution in [0.15, 0.2) is 36.5 Å². The van der Waals surface area contributed by atoms with Gasteiger partial charge in [-0.05, 0) is 25.1 Å². The topological polar surface area (TPSA) is 67.2 Å². The molecule has 0 saturated heterocycles. The van der Waals surface area contributed by atoms with Gasteiger partial charge in [-0.3, -0.25) is 14.3 Å². The van der Waals surface area contributed by atoms with Crippen molar-refractivity contribution in [2.24, 2.45) is 13.0 Å². The molecule has 6 heteroatoms. The van der Waals surface area contributed by atoms with Crippen molar-refractivity contribution in [3.05, 3.63) is 42.2 Å². The van der Waals surface area contributed by atoms with Gasteiger partial charge in [0, 0.05) is 19.8 Å². The number of hydrogen-bond acceptors (Lipinski definition) is 3. The van der Waals surface area contributed by atoms with Crippen molar-refractivity contribution in [3.8, 4) is 0 Å². The number of fused-ring (bicyclic) bond motifs is 1. The van der Waals surface area contributed by atoms with Gasteiger partial charge in [-0.2, -0.15) is 5.10 Å². The summed E-state index contributed by atoms with van der Waals surface area (Å²) in [6.45, 7) is 4.06. The van der Waals surface area contributed by atoms with Crippen LogP contribution in [0.2, 0.25) is 0 Å². The van der Waals surface area contributed by atoms with Gasteiger partial charge in [0.25, 0.3) is 0 Å². The summed E-state index contributed by atoms with van der Waals surface area (Å²) < 4.78 is 1.71. The van der Waals surface area contributed by atoms with E-state index < -0.39 is 0 Å². The molecule has 0 fully saturated rings. The van der Waals surface area contributed by atoms with Crippen molar-refractivity contribution in [1.29, 1.82) is 0 Å². The molecular formula is C17H20N4O2. The SMILES string of the molecule is CC1CN(C(=O)C(C)c2ccnn2C)c2ccccc2NC1=O. The van der Waals surface area contributed by atoms with Crippen molar-refractivity contribution in [2.75, 3.05) is 16.8 Å². The number of aryl methyl sites for hydroxylation is 1. The van der Waals surface area contributed by atoms with Crippen molar-refractivity contribution >= 4 is 23.2 Å². The van der Waals surface area contributed by atoms with Gasteiger partial charge in [0.1, 0.15) is 0 Å². The van der Waals surface area contributed by atoms with Crippen molar-refractivity contribution < 1.29 is 9.59 Å². The second-order valence-electron chi connectivity index (χ2n) is 5.96. The second kappa shape index (κ2) is 5.87. The highest BCUT2D eigenvalue weighted by molar-refractivity contribution is 6.06. The number of carbonyl (C=O) groups is 2. The molecule has 120 valence electrons. The minimum Gasteiger partial charge on any atom is -0.324 e. The van der Waals surface area contributed by atoms with E-state index in [0.717, 1.165) is 11.4 Å². The highest BCUT2D eigenvalue weighted by Gasteiger charge is 2.32. The third-order valence-corrected chi connectivity index (χ3v) is 4.30. The lowest BCUT2D eigenvalue weighted by Gasteiger charge is -2.26. The summed E-state index contributed by atoms with van der Waals surface area (Å²) >= 11 is 0. The van der Waals surface area contributed by atoms with Crippen LogP contribution in [0, 0.1) is 5.92 Å². The Balaban J connectivity index is 1.99. The van der Waals surface area contributed by atoms with E-state index in [9.17, 15) is 9.59 Å². The maximum absolute atomic E-state index is 13.1. The van der Waals surface area contributed by atoms with Crippen LogP contribution in [-0.2, 0) is 16.6 Å². The summed E-state index contributed by atoms with van der Waals surface area (Å²) in [5, 5.41) is 7.03. The fraction of sp³-hybridized carbons (Fsp3) is 0.353. The molecule has 23 heavy (non-hydrogen) atoms. The smallest absolute Gasteiger partial charge is 0.235 e. The van der Waals surface area contributed by atoms with Crippen LogP contribution >= 0.6 is 0 Å². The Hall–Kier alpha value is -2.63. The van der Waals surface area contributed by atoms with Crippen LogP contribution in [0.4, 0.5) is 11.4 Å². The number of hydrogen-bond donors (Lipinski definition) is 1. The van der Waals surface area contributed by atoms with E-state index in [1.165, 1.54) is 0 Å². The fourth-order valence-corrected chi connectivity index (χ4v) is 2.90. The zero-order valence-electron chi connectivity index (χ0n) is 13.5. The summed E-state index contributed by atoms with van der Waals surface area (Å²) in [5.41, 5.74) is 2.26. The summed E-state index contributed by atoms with van der Waals surface area (Å²) in [4.78, 5) is 26.9. The molecule has 1 aromatic carbocycles. The molecule has 1 N–H and O–H groups in total. The molecule has 6 nitrogen and oxygen atoms in total. The van der Waals surface area contributed by atoms with Crippen LogP contribution in [-0.4, -0.2) is 28.1 Å². The fourth-order valence-electron chi connectivity index (χ4n) is 2.90. The molecule has 2 unspecified atom stereocenters. The Morgan fingerprint density at radius 2 is 2.09 bits per heavy atom. The lowest BCUT2D eigenvalue weighted by Crippen LogP contribution is -2.38. The Labute approximate surface area is 135 Å². The van der Waals surface area contributed by atoms with E-state index in [-0.39, 0.29) is 23.7 Å². The van der Waals surface area contributed by atoms with Gasteiger partial charge in [-0.25, -0.2) is 0 Å². The standard InChI is InChI=1S/C17H20N4O2/c1-11-10-21(15-7-5-4-6-13(15)19-16(11)22)17(23)12(2)14-8-9-18-20(14)3/h4-9,11-12H,10H2,1-3H3,(H,19,22). The van der Waals surface area contributed by atoms with Crippen LogP contribution < -0.4 is 10.2 Å². The molecule has 1 aliphatic heterocycles. The Kier molecular flexibility index (Phi) is 3.90. The Morgan fingerprint density at radius 3 is 2.78 bits per heavy atom. The van der Waals surface area contributed by atoms with Crippen LogP contribution in [0.25, 0.3) is 0 Å². The largest absolute Gasteiger partial charge is 0.324 e. The van der Waals surface area contributed by atoms with Gasteiger partial charge >= 0.3 is 0 Å². The first-order valence-electron chi connectivity index (χ1n) is 7.68. The number of anilines is 2. The lowest BCUT2D eigenvalue weighted by molar-refractivity contribution is -0.120. The summed E-state index contributed by atoms with van der Waals surface area (Å²) in [7, 11) is 1.82. The number of aromatic nitrogens is 2. The first-order chi connectivity index (χ1) is 11.0. The first kappa shape index (κ1) is 15.3. The minimum absolute atomic E-state index is 0.0376. The molecule has 3 rings (SSSR count). The van der Waals surface area contributed by atoms with Gasteiger partial charge in [0.05, 0.1) is 28.9 Å². The van der Waals surface area contributed by atoms with E-state index in [1.807, 2.05) is 51.2 Å². The monoisotopic (exact) mass is 312 g/mol.